The lowest BCUT2D eigenvalue weighted by molar-refractivity contribution is -0.135. The van der Waals surface area contributed by atoms with Crippen LogP contribution in [-0.2, 0) is 17.8 Å². The fraction of sp³-hybridized carbons (Fsp3) is 0.294. The molecule has 25 heavy (non-hydrogen) atoms. The van der Waals surface area contributed by atoms with E-state index >= 15 is 0 Å². The van der Waals surface area contributed by atoms with Crippen molar-refractivity contribution < 1.29 is 14.7 Å². The van der Waals surface area contributed by atoms with E-state index in [0.29, 0.717) is 29.8 Å². The van der Waals surface area contributed by atoms with Crippen molar-refractivity contribution in [3.8, 4) is 0 Å². The number of nitrogens with one attached hydrogen (secondary N) is 2. The first-order chi connectivity index (χ1) is 12.1. The van der Waals surface area contributed by atoms with Gasteiger partial charge in [0, 0.05) is 17.7 Å². The number of hydrogen-bond acceptors (Lipinski definition) is 5. The van der Waals surface area contributed by atoms with Crippen molar-refractivity contribution in [1.29, 1.82) is 0 Å². The third-order valence-electron chi connectivity index (χ3n) is 4.14. The molecule has 1 aliphatic heterocycles. The number of rotatable bonds is 4. The smallest absolute Gasteiger partial charge is 0.254 e. The highest BCUT2D eigenvalue weighted by Gasteiger charge is 2.29. The fourth-order valence-electron chi connectivity index (χ4n) is 2.79. The third-order valence-corrected chi connectivity index (χ3v) is 4.14. The molecule has 0 fully saturated rings. The number of aliphatic hydroxyl groups is 1. The Kier molecular flexibility index (Phi) is 4.90. The van der Waals surface area contributed by atoms with E-state index in [2.05, 4.69) is 15.3 Å². The van der Waals surface area contributed by atoms with Crippen LogP contribution in [0, 0.1) is 0 Å². The molecule has 130 valence electrons. The molecule has 1 aromatic carbocycles. The Morgan fingerprint density at radius 1 is 1.32 bits per heavy atom. The van der Waals surface area contributed by atoms with Crippen molar-refractivity contribution in [2.24, 2.45) is 0 Å². The van der Waals surface area contributed by atoms with Crippen molar-refractivity contribution >= 4 is 11.8 Å². The Morgan fingerprint density at radius 2 is 2.08 bits per heavy atom. The highest BCUT2D eigenvalue weighted by Crippen LogP contribution is 2.14. The molecule has 0 aliphatic carbocycles. The number of nitrogens with zero attached hydrogens (tertiary/aromatic N) is 2. The van der Waals surface area contributed by atoms with Crippen molar-refractivity contribution in [2.45, 2.75) is 19.0 Å². The van der Waals surface area contributed by atoms with E-state index in [0.717, 1.165) is 0 Å². The van der Waals surface area contributed by atoms with Gasteiger partial charge in [-0.3, -0.25) is 14.4 Å². The number of hydrogen-bond donors (Lipinski definition) is 3. The lowest BCUT2D eigenvalue weighted by atomic mass is 10.1. The summed E-state index contributed by atoms with van der Waals surface area (Å²) in [6.07, 6.45) is 1.69. The van der Waals surface area contributed by atoms with Crippen molar-refractivity contribution in [2.75, 3.05) is 13.2 Å². The average molecular weight is 342 g/mol. The lowest BCUT2D eigenvalue weighted by Gasteiger charge is -2.30. The van der Waals surface area contributed by atoms with E-state index in [-0.39, 0.29) is 12.1 Å². The summed E-state index contributed by atoms with van der Waals surface area (Å²) in [7, 11) is 0. The number of aliphatic hydroxyl groups excluding tert-OH is 1. The minimum atomic E-state index is -1.05. The molecule has 0 saturated heterocycles. The molecule has 1 atom stereocenters. The molecule has 2 aromatic rings. The van der Waals surface area contributed by atoms with Gasteiger partial charge in [-0.1, -0.05) is 18.2 Å². The van der Waals surface area contributed by atoms with Crippen LogP contribution in [0.4, 0.5) is 0 Å². The van der Waals surface area contributed by atoms with Gasteiger partial charge >= 0.3 is 0 Å². The van der Waals surface area contributed by atoms with Gasteiger partial charge < -0.3 is 20.3 Å². The molecule has 1 unspecified atom stereocenters. The molecule has 3 N–H and O–H groups in total. The van der Waals surface area contributed by atoms with Gasteiger partial charge in [-0.2, -0.15) is 0 Å². The molecular formula is C17H18N4O4. The van der Waals surface area contributed by atoms with E-state index in [1.807, 2.05) is 0 Å². The van der Waals surface area contributed by atoms with Gasteiger partial charge in [0.1, 0.15) is 6.04 Å². The summed E-state index contributed by atoms with van der Waals surface area (Å²) in [5, 5.41) is 12.1. The van der Waals surface area contributed by atoms with Gasteiger partial charge in [-0.05, 0) is 18.6 Å². The first-order valence-corrected chi connectivity index (χ1v) is 7.91. The predicted octanol–water partition coefficient (Wildman–Crippen LogP) is -0.554. The Balaban J connectivity index is 1.71. The van der Waals surface area contributed by atoms with E-state index in [4.69, 9.17) is 0 Å². The van der Waals surface area contributed by atoms with Crippen LogP contribution in [0.1, 0.15) is 21.6 Å². The Labute approximate surface area is 143 Å². The number of H-pyrrole nitrogens is 1. The van der Waals surface area contributed by atoms with Gasteiger partial charge in [0.15, 0.2) is 0 Å². The molecule has 1 aromatic heterocycles. The van der Waals surface area contributed by atoms with Crippen LogP contribution in [0.2, 0.25) is 0 Å². The number of carbonyl (C=O) groups is 2. The van der Waals surface area contributed by atoms with Crippen LogP contribution in [0.25, 0.3) is 0 Å². The number of fused-ring (bicyclic) bond motifs is 1. The first-order valence-electron chi connectivity index (χ1n) is 7.91. The maximum Gasteiger partial charge on any atom is 0.254 e. The van der Waals surface area contributed by atoms with Gasteiger partial charge in [-0.15, -0.1) is 0 Å². The van der Waals surface area contributed by atoms with Crippen molar-refractivity contribution in [3.05, 3.63) is 63.8 Å². The highest BCUT2D eigenvalue weighted by molar-refractivity contribution is 5.97. The second-order valence-corrected chi connectivity index (χ2v) is 5.74. The summed E-state index contributed by atoms with van der Waals surface area (Å²) in [5.41, 5.74) is 1.31. The lowest BCUT2D eigenvalue weighted by Crippen LogP contribution is -2.52. The summed E-state index contributed by atoms with van der Waals surface area (Å²) < 4.78 is 0. The maximum atomic E-state index is 12.6. The summed E-state index contributed by atoms with van der Waals surface area (Å²) >= 11 is 0. The number of carbonyl (C=O) groups excluding carboxylic acids is 2. The van der Waals surface area contributed by atoms with E-state index in [1.54, 1.807) is 30.3 Å². The van der Waals surface area contributed by atoms with E-state index in [1.165, 1.54) is 11.2 Å². The quantitative estimate of drug-likeness (QED) is 0.689. The van der Waals surface area contributed by atoms with Gasteiger partial charge in [0.2, 0.25) is 5.91 Å². The normalized spacial score (nSPS) is 14.5. The Bertz CT molecular complexity index is 834. The molecule has 8 heteroatoms. The molecule has 3 rings (SSSR count). The molecule has 0 bridgehead atoms. The zero-order valence-corrected chi connectivity index (χ0v) is 13.4. The molecule has 8 nitrogen and oxygen atoms in total. The second-order valence-electron chi connectivity index (χ2n) is 5.74. The van der Waals surface area contributed by atoms with Crippen molar-refractivity contribution in [3.63, 3.8) is 0 Å². The van der Waals surface area contributed by atoms with Crippen LogP contribution in [0.15, 0.2) is 41.5 Å². The van der Waals surface area contributed by atoms with Crippen LogP contribution >= 0.6 is 0 Å². The minimum Gasteiger partial charge on any atom is -0.394 e. The van der Waals surface area contributed by atoms with Crippen LogP contribution in [0.5, 0.6) is 0 Å². The first kappa shape index (κ1) is 16.8. The molecule has 0 spiro atoms. The minimum absolute atomic E-state index is 0.176. The second kappa shape index (κ2) is 7.27. The topological polar surface area (TPSA) is 115 Å². The summed E-state index contributed by atoms with van der Waals surface area (Å²) in [4.78, 5) is 44.7. The van der Waals surface area contributed by atoms with Gasteiger partial charge in [0.05, 0.1) is 25.2 Å². The number of aromatic amines is 1. The average Bonchev–Trinajstić information content (AvgIpc) is 2.66. The Hall–Kier alpha value is -3.00. The number of benzene rings is 1. The summed E-state index contributed by atoms with van der Waals surface area (Å²) in [6, 6.07) is 7.43. The van der Waals surface area contributed by atoms with Crippen LogP contribution < -0.4 is 10.9 Å². The SMILES string of the molecule is O=C(NC(CO)C(=O)N1CCc2c(nc[nH]c2=O)C1)c1ccccc1. The van der Waals surface area contributed by atoms with Gasteiger partial charge in [-0.25, -0.2) is 4.98 Å². The van der Waals surface area contributed by atoms with Crippen LogP contribution in [-0.4, -0.2) is 51.0 Å². The monoisotopic (exact) mass is 342 g/mol. The van der Waals surface area contributed by atoms with Crippen LogP contribution in [0.3, 0.4) is 0 Å². The molecule has 1 aliphatic rings. The Morgan fingerprint density at radius 3 is 2.80 bits per heavy atom. The zero-order chi connectivity index (χ0) is 17.8. The number of aromatic nitrogens is 2. The predicted molar refractivity (Wildman–Crippen MR) is 88.8 cm³/mol. The summed E-state index contributed by atoms with van der Waals surface area (Å²) in [6.45, 7) is -0.00231. The largest absolute Gasteiger partial charge is 0.394 e. The zero-order valence-electron chi connectivity index (χ0n) is 13.4. The molecular weight excluding hydrogens is 324 g/mol. The standard InChI is InChI=1S/C17H18N4O4/c22-9-14(20-15(23)11-4-2-1-3-5-11)17(25)21-7-6-12-13(8-21)18-10-19-16(12)24/h1-5,10,14,22H,6-9H2,(H,20,23)(H,18,19,24). The molecule has 0 radical (unpaired) electrons. The summed E-state index contributed by atoms with van der Waals surface area (Å²) in [5.74, 6) is -0.834. The van der Waals surface area contributed by atoms with E-state index < -0.39 is 24.5 Å². The van der Waals surface area contributed by atoms with Gasteiger partial charge in [0.25, 0.3) is 11.5 Å². The number of amides is 2. The molecule has 2 heterocycles. The van der Waals surface area contributed by atoms with Crippen molar-refractivity contribution in [1.82, 2.24) is 20.2 Å². The third kappa shape index (κ3) is 3.58. The molecule has 2 amide bonds. The fourth-order valence-corrected chi connectivity index (χ4v) is 2.79. The highest BCUT2D eigenvalue weighted by atomic mass is 16.3. The van der Waals surface area contributed by atoms with E-state index in [9.17, 15) is 19.5 Å². The maximum absolute atomic E-state index is 12.6. The molecule has 0 saturated carbocycles.